The van der Waals surface area contributed by atoms with Gasteiger partial charge in [0.15, 0.2) is 5.78 Å². The van der Waals surface area contributed by atoms with E-state index in [0.717, 1.165) is 7.11 Å². The van der Waals surface area contributed by atoms with Crippen molar-refractivity contribution < 1.29 is 45.1 Å². The lowest BCUT2D eigenvalue weighted by molar-refractivity contribution is -0.156. The van der Waals surface area contributed by atoms with Gasteiger partial charge < -0.3 is 4.74 Å². The molecule has 1 aromatic carbocycles. The third kappa shape index (κ3) is 4.81. The number of alkyl halides is 6. The van der Waals surface area contributed by atoms with Crippen LogP contribution in [0.15, 0.2) is 35.9 Å². The number of fused-ring (bicyclic) bond motifs is 1. The van der Waals surface area contributed by atoms with Gasteiger partial charge >= 0.3 is 18.3 Å². The summed E-state index contributed by atoms with van der Waals surface area (Å²) in [4.78, 5) is 28.1. The number of hydrogen-bond donors (Lipinski definition) is 0. The zero-order valence-electron chi connectivity index (χ0n) is 16.3. The molecule has 0 bridgehead atoms. The number of methoxy groups -OCH3 is 1. The molecule has 0 radical (unpaired) electrons. The number of halogens is 7. The van der Waals surface area contributed by atoms with E-state index in [4.69, 9.17) is 0 Å². The second-order valence-electron chi connectivity index (χ2n) is 7.04. The minimum atomic E-state index is -5.20. The molecule has 0 fully saturated rings. The fraction of sp³-hybridized carbons (Fsp3) is 0.286. The van der Waals surface area contributed by atoms with E-state index in [1.807, 2.05) is 0 Å². The number of esters is 1. The van der Waals surface area contributed by atoms with Gasteiger partial charge in [-0.2, -0.15) is 26.3 Å². The monoisotopic (exact) mass is 461 g/mol. The molecule has 0 saturated heterocycles. The number of nitrogens with zero attached hydrogens (tertiary/aromatic N) is 1. The van der Waals surface area contributed by atoms with E-state index >= 15 is 0 Å². The number of aromatic nitrogens is 1. The maximum Gasteiger partial charge on any atom is 0.419 e. The minimum Gasteiger partial charge on any atom is -0.464 e. The van der Waals surface area contributed by atoms with Gasteiger partial charge in [0.05, 0.1) is 24.3 Å². The number of pyridine rings is 1. The standard InChI is InChI=1S/C21H14F7NO3/c1-32-19(31)16-5-3-11-6-12(8-17(11)29-16)18(30)9-13(20(23,24)25)10-2-4-15(22)14(7-10)21(26,27)28/h2-5,7-8,13H,6,9H2,1H3. The quantitative estimate of drug-likeness (QED) is 0.450. The van der Waals surface area contributed by atoms with Crippen LogP contribution in [-0.4, -0.2) is 30.0 Å². The molecule has 170 valence electrons. The molecule has 1 aliphatic carbocycles. The number of carbonyl (C=O) groups is 2. The number of ether oxygens (including phenoxy) is 1. The van der Waals surface area contributed by atoms with Crippen LogP contribution >= 0.6 is 0 Å². The Hall–Kier alpha value is -3.24. The maximum atomic E-state index is 13.6. The van der Waals surface area contributed by atoms with Gasteiger partial charge in [-0.25, -0.2) is 14.2 Å². The molecular formula is C21H14F7NO3. The molecule has 32 heavy (non-hydrogen) atoms. The van der Waals surface area contributed by atoms with Crippen molar-refractivity contribution in [2.24, 2.45) is 0 Å². The fourth-order valence-electron chi connectivity index (χ4n) is 3.31. The van der Waals surface area contributed by atoms with Crippen molar-refractivity contribution in [1.29, 1.82) is 0 Å². The van der Waals surface area contributed by atoms with Crippen molar-refractivity contribution in [3.05, 3.63) is 69.8 Å². The Bertz CT molecular complexity index is 1100. The van der Waals surface area contributed by atoms with Crippen molar-refractivity contribution in [1.82, 2.24) is 4.98 Å². The third-order valence-electron chi connectivity index (χ3n) is 4.94. The topological polar surface area (TPSA) is 56.3 Å². The zero-order valence-corrected chi connectivity index (χ0v) is 16.3. The first-order valence-corrected chi connectivity index (χ1v) is 9.06. The van der Waals surface area contributed by atoms with Gasteiger partial charge in [0, 0.05) is 18.4 Å². The largest absolute Gasteiger partial charge is 0.464 e. The predicted molar refractivity (Wildman–Crippen MR) is 97.1 cm³/mol. The fourth-order valence-corrected chi connectivity index (χ4v) is 3.31. The molecule has 1 aliphatic rings. The number of allylic oxidation sites excluding steroid dienone is 1. The Morgan fingerprint density at radius 3 is 2.38 bits per heavy atom. The molecule has 1 heterocycles. The summed E-state index contributed by atoms with van der Waals surface area (Å²) in [5, 5.41) is 0. The Balaban J connectivity index is 1.89. The highest BCUT2D eigenvalue weighted by Gasteiger charge is 2.44. The summed E-state index contributed by atoms with van der Waals surface area (Å²) >= 11 is 0. The van der Waals surface area contributed by atoms with Crippen LogP contribution in [0.1, 0.15) is 45.2 Å². The van der Waals surface area contributed by atoms with E-state index in [2.05, 4.69) is 9.72 Å². The average molecular weight is 461 g/mol. The van der Waals surface area contributed by atoms with Crippen LogP contribution in [0, 0.1) is 5.82 Å². The van der Waals surface area contributed by atoms with Crippen LogP contribution < -0.4 is 0 Å². The molecule has 0 spiro atoms. The van der Waals surface area contributed by atoms with Gasteiger partial charge in [-0.05, 0) is 35.4 Å². The Kier molecular flexibility index (Phi) is 6.12. The predicted octanol–water partition coefficient (Wildman–Crippen LogP) is 5.27. The molecule has 4 nitrogen and oxygen atoms in total. The summed E-state index contributed by atoms with van der Waals surface area (Å²) in [6.07, 6.45) is -10.2. The Morgan fingerprint density at radius 1 is 1.09 bits per heavy atom. The Labute approximate surface area is 176 Å². The second-order valence-corrected chi connectivity index (χ2v) is 7.04. The molecule has 1 atom stereocenters. The summed E-state index contributed by atoms with van der Waals surface area (Å²) in [7, 11) is 1.14. The summed E-state index contributed by atoms with van der Waals surface area (Å²) in [5.41, 5.74) is -2.12. The van der Waals surface area contributed by atoms with Crippen molar-refractivity contribution in [3.63, 3.8) is 0 Å². The Morgan fingerprint density at radius 2 is 1.78 bits per heavy atom. The molecule has 1 aromatic heterocycles. The lowest BCUT2D eigenvalue weighted by atomic mass is 9.89. The first-order valence-electron chi connectivity index (χ1n) is 9.06. The van der Waals surface area contributed by atoms with Crippen LogP contribution in [0.4, 0.5) is 30.7 Å². The van der Waals surface area contributed by atoms with Gasteiger partial charge in [-0.1, -0.05) is 12.1 Å². The van der Waals surface area contributed by atoms with Gasteiger partial charge in [0.25, 0.3) is 0 Å². The number of benzene rings is 1. The van der Waals surface area contributed by atoms with Crippen LogP contribution in [-0.2, 0) is 22.1 Å². The normalized spacial score (nSPS) is 14.6. The summed E-state index contributed by atoms with van der Waals surface area (Å²) in [6.45, 7) is 0. The van der Waals surface area contributed by atoms with Crippen molar-refractivity contribution in [2.45, 2.75) is 31.1 Å². The first kappa shape index (κ1) is 23.4. The van der Waals surface area contributed by atoms with Crippen LogP contribution in [0.2, 0.25) is 0 Å². The van der Waals surface area contributed by atoms with Gasteiger partial charge in [-0.15, -0.1) is 0 Å². The average Bonchev–Trinajstić information content (AvgIpc) is 3.13. The second kappa shape index (κ2) is 8.36. The van der Waals surface area contributed by atoms with Crippen LogP contribution in [0.5, 0.6) is 0 Å². The number of rotatable bonds is 5. The highest BCUT2D eigenvalue weighted by atomic mass is 19.4. The van der Waals surface area contributed by atoms with Crippen LogP contribution in [0.3, 0.4) is 0 Å². The molecule has 0 saturated carbocycles. The summed E-state index contributed by atoms with van der Waals surface area (Å²) < 4.78 is 97.6. The lowest BCUT2D eigenvalue weighted by Crippen LogP contribution is -2.25. The maximum absolute atomic E-state index is 13.6. The number of ketones is 1. The van der Waals surface area contributed by atoms with Crippen molar-refractivity contribution >= 4 is 17.8 Å². The third-order valence-corrected chi connectivity index (χ3v) is 4.94. The van der Waals surface area contributed by atoms with E-state index in [-0.39, 0.29) is 29.4 Å². The molecule has 2 aromatic rings. The van der Waals surface area contributed by atoms with E-state index in [1.54, 1.807) is 0 Å². The molecule has 0 amide bonds. The zero-order chi connectivity index (χ0) is 23.8. The molecule has 11 heteroatoms. The van der Waals surface area contributed by atoms with E-state index < -0.39 is 53.4 Å². The van der Waals surface area contributed by atoms with E-state index in [1.165, 1.54) is 18.2 Å². The molecule has 0 aliphatic heterocycles. The van der Waals surface area contributed by atoms with Crippen molar-refractivity contribution in [3.8, 4) is 0 Å². The van der Waals surface area contributed by atoms with Crippen LogP contribution in [0.25, 0.3) is 6.08 Å². The number of carbonyl (C=O) groups excluding carboxylic acids is 2. The summed E-state index contributed by atoms with van der Waals surface area (Å²) in [6, 6.07) is 3.76. The van der Waals surface area contributed by atoms with Gasteiger partial charge in [0.1, 0.15) is 11.5 Å². The molecule has 3 rings (SSSR count). The number of hydrogen-bond acceptors (Lipinski definition) is 4. The summed E-state index contributed by atoms with van der Waals surface area (Å²) in [5.74, 6) is -5.98. The first-order chi connectivity index (χ1) is 14.8. The smallest absolute Gasteiger partial charge is 0.419 e. The molecule has 1 unspecified atom stereocenters. The van der Waals surface area contributed by atoms with E-state index in [0.29, 0.717) is 17.7 Å². The number of Topliss-reactive ketones (excluding diaryl/α,β-unsaturated/α-hetero) is 1. The van der Waals surface area contributed by atoms with E-state index in [9.17, 15) is 40.3 Å². The SMILES string of the molecule is COC(=O)c1ccc2c(n1)C=C(C(=O)CC(c1ccc(F)c(C(F)(F)F)c1)C(F)(F)F)C2. The van der Waals surface area contributed by atoms with Gasteiger partial charge in [0.2, 0.25) is 0 Å². The molecular weight excluding hydrogens is 447 g/mol. The minimum absolute atomic E-state index is 0.0399. The highest BCUT2D eigenvalue weighted by Crippen LogP contribution is 2.41. The van der Waals surface area contributed by atoms with Crippen molar-refractivity contribution in [2.75, 3.05) is 7.11 Å². The highest BCUT2D eigenvalue weighted by molar-refractivity contribution is 6.02. The molecule has 0 N–H and O–H groups in total. The lowest BCUT2D eigenvalue weighted by Gasteiger charge is -2.21. The van der Waals surface area contributed by atoms with Gasteiger partial charge in [-0.3, -0.25) is 4.79 Å².